The number of likely N-dealkylation sites (tertiary alicyclic amines) is 1. The molecule has 33 heavy (non-hydrogen) atoms. The minimum atomic E-state index is -0.606. The molecule has 1 aliphatic carbocycles. The van der Waals surface area contributed by atoms with Crippen LogP contribution in [0.5, 0.6) is 0 Å². The van der Waals surface area contributed by atoms with Gasteiger partial charge in [0.05, 0.1) is 22.9 Å². The molecule has 3 aromatic rings. The van der Waals surface area contributed by atoms with Gasteiger partial charge in [0.2, 0.25) is 0 Å². The van der Waals surface area contributed by atoms with E-state index in [2.05, 4.69) is 77.3 Å². The third-order valence-electron chi connectivity index (χ3n) is 7.11. The van der Waals surface area contributed by atoms with Gasteiger partial charge in [0.1, 0.15) is 11.9 Å². The highest BCUT2D eigenvalue weighted by Gasteiger charge is 2.30. The number of alkyl halides is 1. The first kappa shape index (κ1) is 22.1. The maximum atomic E-state index is 13.1. The lowest BCUT2D eigenvalue weighted by Crippen LogP contribution is -2.50. The van der Waals surface area contributed by atoms with Gasteiger partial charge in [-0.05, 0) is 70.1 Å². The van der Waals surface area contributed by atoms with Gasteiger partial charge >= 0.3 is 0 Å². The Morgan fingerprint density at radius 2 is 1.94 bits per heavy atom. The molecule has 0 amide bonds. The van der Waals surface area contributed by atoms with E-state index in [1.165, 1.54) is 12.8 Å². The van der Waals surface area contributed by atoms with Crippen LogP contribution in [0.25, 0.3) is 27.7 Å². The summed E-state index contributed by atoms with van der Waals surface area (Å²) in [4.78, 5) is 2.25. The topological polar surface area (TPSA) is 61.8 Å². The van der Waals surface area contributed by atoms with Crippen molar-refractivity contribution in [2.24, 2.45) is 5.92 Å². The lowest BCUT2D eigenvalue weighted by Gasteiger charge is -2.39. The van der Waals surface area contributed by atoms with Crippen molar-refractivity contribution < 1.29 is 4.39 Å². The Bertz CT molecular complexity index is 1130. The highest BCUT2D eigenvalue weighted by atomic mass is 19.1. The zero-order valence-electron chi connectivity index (χ0n) is 19.9. The first-order valence-corrected chi connectivity index (χ1v) is 12.1. The largest absolute Gasteiger partial charge is 0.381 e. The summed E-state index contributed by atoms with van der Waals surface area (Å²) in [7, 11) is 0. The first-order chi connectivity index (χ1) is 15.8. The fraction of sp³-hybridized carbons (Fsp3) is 0.538. The molecule has 2 fully saturated rings. The maximum absolute atomic E-state index is 13.1. The summed E-state index contributed by atoms with van der Waals surface area (Å²) < 4.78 is 15.1. The van der Waals surface area contributed by atoms with E-state index in [1.807, 2.05) is 10.9 Å². The zero-order valence-corrected chi connectivity index (χ0v) is 19.9. The van der Waals surface area contributed by atoms with Gasteiger partial charge in [-0.25, -0.2) is 4.39 Å². The summed E-state index contributed by atoms with van der Waals surface area (Å²) in [6.45, 7) is 13.1. The molecule has 176 valence electrons. The number of hydrogen-bond donors (Lipinski definition) is 2. The normalized spacial score (nSPS) is 22.4. The van der Waals surface area contributed by atoms with E-state index in [4.69, 9.17) is 0 Å². The Morgan fingerprint density at radius 1 is 1.18 bits per heavy atom. The Kier molecular flexibility index (Phi) is 5.77. The SMILES string of the molecule is C=C(NC1CCC(CN2CC(F)C2)CC1)c1n[nH]c2ccc(-c3cnn(C(C)(C)C)c3)cc12. The highest BCUT2D eigenvalue weighted by molar-refractivity contribution is 5.92. The van der Waals surface area contributed by atoms with Crippen molar-refractivity contribution >= 4 is 16.6 Å². The molecule has 2 aromatic heterocycles. The molecule has 1 aromatic carbocycles. The van der Waals surface area contributed by atoms with Crippen LogP contribution < -0.4 is 5.32 Å². The summed E-state index contributed by atoms with van der Waals surface area (Å²) in [5.74, 6) is 0.687. The average Bonchev–Trinajstić information content (AvgIpc) is 3.41. The van der Waals surface area contributed by atoms with Crippen molar-refractivity contribution in [2.75, 3.05) is 19.6 Å². The number of halogens is 1. The molecule has 3 heterocycles. The smallest absolute Gasteiger partial charge is 0.125 e. The van der Waals surface area contributed by atoms with Gasteiger partial charge in [-0.2, -0.15) is 10.2 Å². The molecule has 7 heteroatoms. The second-order valence-electron chi connectivity index (χ2n) is 10.8. The lowest BCUT2D eigenvalue weighted by atomic mass is 9.85. The van der Waals surface area contributed by atoms with Gasteiger partial charge in [-0.15, -0.1) is 0 Å². The van der Waals surface area contributed by atoms with E-state index in [0.717, 1.165) is 52.8 Å². The number of aromatic amines is 1. The number of H-pyrrole nitrogens is 1. The van der Waals surface area contributed by atoms with E-state index < -0.39 is 6.17 Å². The number of fused-ring (bicyclic) bond motifs is 1. The Morgan fingerprint density at radius 3 is 2.61 bits per heavy atom. The van der Waals surface area contributed by atoms with Gasteiger partial charge < -0.3 is 5.32 Å². The summed E-state index contributed by atoms with van der Waals surface area (Å²) in [5.41, 5.74) is 4.92. The van der Waals surface area contributed by atoms with Crippen molar-refractivity contribution in [1.29, 1.82) is 0 Å². The molecule has 5 rings (SSSR count). The highest BCUT2D eigenvalue weighted by Crippen LogP contribution is 2.31. The van der Waals surface area contributed by atoms with Crippen molar-refractivity contribution in [3.05, 3.63) is 42.9 Å². The number of hydrogen-bond acceptors (Lipinski definition) is 4. The van der Waals surface area contributed by atoms with Crippen LogP contribution in [0, 0.1) is 5.92 Å². The Hall–Kier alpha value is -2.67. The summed E-state index contributed by atoms with van der Waals surface area (Å²) in [6, 6.07) is 6.77. The van der Waals surface area contributed by atoms with Gasteiger partial charge in [0.25, 0.3) is 0 Å². The lowest BCUT2D eigenvalue weighted by molar-refractivity contribution is 0.0447. The quantitative estimate of drug-likeness (QED) is 0.558. The van der Waals surface area contributed by atoms with Crippen LogP contribution in [-0.4, -0.2) is 56.7 Å². The molecule has 0 bridgehead atoms. The molecule has 2 N–H and O–H groups in total. The van der Waals surface area contributed by atoms with Crippen molar-refractivity contribution in [3.63, 3.8) is 0 Å². The summed E-state index contributed by atoms with van der Waals surface area (Å²) >= 11 is 0. The summed E-state index contributed by atoms with van der Waals surface area (Å²) in [6.07, 6.45) is 8.02. The minimum Gasteiger partial charge on any atom is -0.381 e. The van der Waals surface area contributed by atoms with Crippen molar-refractivity contribution in [2.45, 2.75) is 64.2 Å². The van der Waals surface area contributed by atoms with Crippen LogP contribution in [0.2, 0.25) is 0 Å². The van der Waals surface area contributed by atoms with Crippen molar-refractivity contribution in [3.8, 4) is 11.1 Å². The molecule has 0 atom stereocenters. The predicted molar refractivity (Wildman–Crippen MR) is 132 cm³/mol. The zero-order chi connectivity index (χ0) is 23.2. The van der Waals surface area contributed by atoms with E-state index in [0.29, 0.717) is 25.0 Å². The average molecular weight is 451 g/mol. The number of benzene rings is 1. The molecule has 0 unspecified atom stereocenters. The van der Waals surface area contributed by atoms with Gasteiger partial charge in [-0.1, -0.05) is 12.6 Å². The number of rotatable bonds is 6. The van der Waals surface area contributed by atoms with Gasteiger partial charge in [-0.3, -0.25) is 14.7 Å². The molecule has 0 spiro atoms. The molecule has 6 nitrogen and oxygen atoms in total. The molecule has 1 saturated heterocycles. The van der Waals surface area contributed by atoms with Crippen LogP contribution in [0.15, 0.2) is 37.2 Å². The van der Waals surface area contributed by atoms with Crippen LogP contribution in [0.1, 0.15) is 52.1 Å². The molecular weight excluding hydrogens is 415 g/mol. The van der Waals surface area contributed by atoms with Gasteiger partial charge in [0.15, 0.2) is 0 Å². The van der Waals surface area contributed by atoms with E-state index in [1.54, 1.807) is 0 Å². The Labute approximate surface area is 195 Å². The van der Waals surface area contributed by atoms with E-state index >= 15 is 0 Å². The monoisotopic (exact) mass is 450 g/mol. The number of nitrogens with zero attached hydrogens (tertiary/aromatic N) is 4. The van der Waals surface area contributed by atoms with Crippen LogP contribution in [0.4, 0.5) is 4.39 Å². The predicted octanol–water partition coefficient (Wildman–Crippen LogP) is 4.95. The van der Waals surface area contributed by atoms with Gasteiger partial charge in [0, 0.05) is 42.8 Å². The molecule has 2 aliphatic rings. The Balaban J connectivity index is 1.24. The summed E-state index contributed by atoms with van der Waals surface area (Å²) in [5, 5.41) is 17.0. The third kappa shape index (κ3) is 4.69. The number of nitrogens with one attached hydrogen (secondary N) is 2. The van der Waals surface area contributed by atoms with Crippen molar-refractivity contribution in [1.82, 2.24) is 30.2 Å². The fourth-order valence-electron chi connectivity index (χ4n) is 5.09. The molecule has 1 saturated carbocycles. The van der Waals surface area contributed by atoms with Crippen LogP contribution >= 0.6 is 0 Å². The first-order valence-electron chi connectivity index (χ1n) is 12.1. The minimum absolute atomic E-state index is 0.0503. The van der Waals surface area contributed by atoms with Crippen LogP contribution in [-0.2, 0) is 5.54 Å². The van der Waals surface area contributed by atoms with E-state index in [-0.39, 0.29) is 5.54 Å². The second-order valence-corrected chi connectivity index (χ2v) is 10.8. The molecule has 0 radical (unpaired) electrons. The second kappa shape index (κ2) is 8.60. The third-order valence-corrected chi connectivity index (χ3v) is 7.11. The van der Waals surface area contributed by atoms with Crippen LogP contribution in [0.3, 0.4) is 0 Å². The van der Waals surface area contributed by atoms with E-state index in [9.17, 15) is 4.39 Å². The molecular formula is C26H35FN6. The maximum Gasteiger partial charge on any atom is 0.125 e. The fourth-order valence-corrected chi connectivity index (χ4v) is 5.09. The molecule has 1 aliphatic heterocycles. The number of aromatic nitrogens is 4. The standard InChI is InChI=1S/C26H35FN6/c1-17(29-22-8-5-18(6-9-22)13-32-15-21(27)16-32)25-23-11-19(7-10-24(23)30-31-25)20-12-28-33(14-20)26(2,3)4/h7,10-12,14,18,21-22,29H,1,5-6,8-9,13,15-16H2,2-4H3,(H,30,31).